The molecule has 0 spiro atoms. The average molecular weight is 257 g/mol. The highest BCUT2D eigenvalue weighted by Gasteiger charge is 2.40. The molecule has 1 saturated heterocycles. The van der Waals surface area contributed by atoms with Crippen LogP contribution in [0.5, 0.6) is 0 Å². The SMILES string of the molecule is CC(C)CCOCCN1CCCCC1(C)C(=O)O. The Labute approximate surface area is 110 Å². The van der Waals surface area contributed by atoms with Gasteiger partial charge in [0.15, 0.2) is 0 Å². The van der Waals surface area contributed by atoms with Crippen molar-refractivity contribution in [1.82, 2.24) is 4.90 Å². The number of nitrogens with zero attached hydrogens (tertiary/aromatic N) is 1. The van der Waals surface area contributed by atoms with Crippen molar-refractivity contribution in [3.63, 3.8) is 0 Å². The molecule has 0 saturated carbocycles. The Balaban J connectivity index is 2.32. The largest absolute Gasteiger partial charge is 0.480 e. The maximum Gasteiger partial charge on any atom is 0.323 e. The monoisotopic (exact) mass is 257 g/mol. The van der Waals surface area contributed by atoms with Gasteiger partial charge < -0.3 is 9.84 Å². The van der Waals surface area contributed by atoms with Crippen molar-refractivity contribution in [2.24, 2.45) is 5.92 Å². The zero-order chi connectivity index (χ0) is 13.6. The number of carbonyl (C=O) groups is 1. The molecule has 1 rings (SSSR count). The summed E-state index contributed by atoms with van der Waals surface area (Å²) in [6.45, 7) is 9.19. The van der Waals surface area contributed by atoms with Crippen LogP contribution in [0, 0.1) is 5.92 Å². The molecular formula is C14H27NO3. The van der Waals surface area contributed by atoms with Crippen LogP contribution < -0.4 is 0 Å². The Bertz CT molecular complexity index is 268. The first-order chi connectivity index (χ1) is 8.47. The quantitative estimate of drug-likeness (QED) is 0.711. The van der Waals surface area contributed by atoms with Crippen molar-refractivity contribution in [3.8, 4) is 0 Å². The van der Waals surface area contributed by atoms with Gasteiger partial charge in [-0.15, -0.1) is 0 Å². The molecule has 0 bridgehead atoms. The van der Waals surface area contributed by atoms with Crippen LogP contribution in [0.15, 0.2) is 0 Å². The first-order valence-electron chi connectivity index (χ1n) is 7.03. The molecule has 106 valence electrons. The third-order valence-corrected chi connectivity index (χ3v) is 3.85. The maximum absolute atomic E-state index is 11.4. The Kier molecular flexibility index (Phi) is 6.09. The number of carboxylic acids is 1. The number of rotatable bonds is 7. The molecule has 1 heterocycles. The van der Waals surface area contributed by atoms with Crippen LogP contribution in [0.1, 0.15) is 46.5 Å². The highest BCUT2D eigenvalue weighted by Crippen LogP contribution is 2.27. The molecule has 1 atom stereocenters. The minimum atomic E-state index is -0.704. The van der Waals surface area contributed by atoms with E-state index in [0.717, 1.165) is 45.4 Å². The van der Waals surface area contributed by atoms with Crippen LogP contribution in [0.2, 0.25) is 0 Å². The fourth-order valence-electron chi connectivity index (χ4n) is 2.37. The van der Waals surface area contributed by atoms with Gasteiger partial charge in [-0.25, -0.2) is 0 Å². The summed E-state index contributed by atoms with van der Waals surface area (Å²) in [4.78, 5) is 13.4. The van der Waals surface area contributed by atoms with Crippen LogP contribution in [-0.2, 0) is 9.53 Å². The zero-order valence-electron chi connectivity index (χ0n) is 11.9. The molecule has 1 fully saturated rings. The van der Waals surface area contributed by atoms with E-state index in [1.54, 1.807) is 0 Å². The van der Waals surface area contributed by atoms with Crippen molar-refractivity contribution >= 4 is 5.97 Å². The second-order valence-corrected chi connectivity index (χ2v) is 5.82. The van der Waals surface area contributed by atoms with Crippen LogP contribution in [-0.4, -0.2) is 47.8 Å². The first-order valence-corrected chi connectivity index (χ1v) is 7.03. The maximum atomic E-state index is 11.4. The summed E-state index contributed by atoms with van der Waals surface area (Å²) < 4.78 is 5.59. The highest BCUT2D eigenvalue weighted by atomic mass is 16.5. The molecular weight excluding hydrogens is 230 g/mol. The molecule has 0 radical (unpaired) electrons. The van der Waals surface area contributed by atoms with Crippen LogP contribution in [0.25, 0.3) is 0 Å². The second kappa shape index (κ2) is 7.10. The third kappa shape index (κ3) is 4.25. The van der Waals surface area contributed by atoms with E-state index < -0.39 is 11.5 Å². The van der Waals surface area contributed by atoms with Gasteiger partial charge in [-0.1, -0.05) is 13.8 Å². The van der Waals surface area contributed by atoms with Gasteiger partial charge in [0.2, 0.25) is 0 Å². The first kappa shape index (κ1) is 15.4. The summed E-state index contributed by atoms with van der Waals surface area (Å²) in [6, 6.07) is 0. The Hall–Kier alpha value is -0.610. The summed E-state index contributed by atoms with van der Waals surface area (Å²) in [5, 5.41) is 9.36. The molecule has 0 aliphatic carbocycles. The van der Waals surface area contributed by atoms with Crippen molar-refractivity contribution in [3.05, 3.63) is 0 Å². The van der Waals surface area contributed by atoms with Gasteiger partial charge in [-0.3, -0.25) is 9.69 Å². The summed E-state index contributed by atoms with van der Waals surface area (Å²) in [5.41, 5.74) is -0.695. The molecule has 1 aliphatic heterocycles. The third-order valence-electron chi connectivity index (χ3n) is 3.85. The Morgan fingerprint density at radius 1 is 1.39 bits per heavy atom. The zero-order valence-corrected chi connectivity index (χ0v) is 11.9. The number of ether oxygens (including phenoxy) is 1. The lowest BCUT2D eigenvalue weighted by atomic mass is 9.88. The number of piperidine rings is 1. The number of carboxylic acid groups (broad SMARTS) is 1. The Morgan fingerprint density at radius 3 is 2.72 bits per heavy atom. The molecule has 0 amide bonds. The van der Waals surface area contributed by atoms with E-state index in [-0.39, 0.29) is 0 Å². The summed E-state index contributed by atoms with van der Waals surface area (Å²) in [5.74, 6) is -0.0475. The van der Waals surface area contributed by atoms with E-state index >= 15 is 0 Å². The molecule has 4 nitrogen and oxygen atoms in total. The minimum Gasteiger partial charge on any atom is -0.480 e. The van der Waals surface area contributed by atoms with Crippen molar-refractivity contribution < 1.29 is 14.6 Å². The van der Waals surface area contributed by atoms with Gasteiger partial charge in [0.05, 0.1) is 6.61 Å². The Morgan fingerprint density at radius 2 is 2.11 bits per heavy atom. The van der Waals surface area contributed by atoms with E-state index in [2.05, 4.69) is 18.7 Å². The van der Waals surface area contributed by atoms with Crippen LogP contribution in [0.3, 0.4) is 0 Å². The predicted octanol–water partition coefficient (Wildman–Crippen LogP) is 2.38. The van der Waals surface area contributed by atoms with Crippen molar-refractivity contribution in [2.45, 2.75) is 52.0 Å². The normalized spacial score (nSPS) is 25.6. The molecule has 0 aromatic heterocycles. The van der Waals surface area contributed by atoms with Gasteiger partial charge in [0, 0.05) is 13.2 Å². The topological polar surface area (TPSA) is 49.8 Å². The lowest BCUT2D eigenvalue weighted by molar-refractivity contribution is -0.153. The van der Waals surface area contributed by atoms with E-state index in [1.165, 1.54) is 0 Å². The molecule has 1 aliphatic rings. The number of likely N-dealkylation sites (tertiary alicyclic amines) is 1. The van der Waals surface area contributed by atoms with E-state index in [1.807, 2.05) is 6.92 Å². The fourth-order valence-corrected chi connectivity index (χ4v) is 2.37. The molecule has 0 aromatic rings. The van der Waals surface area contributed by atoms with E-state index in [4.69, 9.17) is 4.74 Å². The molecule has 1 unspecified atom stereocenters. The standard InChI is InChI=1S/C14H27NO3/c1-12(2)6-10-18-11-9-15-8-5-4-7-14(15,3)13(16)17/h12H,4-11H2,1-3H3,(H,16,17). The number of hydrogen-bond acceptors (Lipinski definition) is 3. The molecule has 1 N–H and O–H groups in total. The molecule has 18 heavy (non-hydrogen) atoms. The number of aliphatic carboxylic acids is 1. The lowest BCUT2D eigenvalue weighted by Crippen LogP contribution is -2.56. The van der Waals surface area contributed by atoms with Gasteiger partial charge in [-0.05, 0) is 45.1 Å². The van der Waals surface area contributed by atoms with Crippen LogP contribution >= 0.6 is 0 Å². The summed E-state index contributed by atoms with van der Waals surface area (Å²) >= 11 is 0. The van der Waals surface area contributed by atoms with Gasteiger partial charge in [-0.2, -0.15) is 0 Å². The molecule has 0 aromatic carbocycles. The van der Waals surface area contributed by atoms with Gasteiger partial charge >= 0.3 is 5.97 Å². The van der Waals surface area contributed by atoms with E-state index in [9.17, 15) is 9.90 Å². The lowest BCUT2D eigenvalue weighted by Gasteiger charge is -2.41. The van der Waals surface area contributed by atoms with Crippen molar-refractivity contribution in [2.75, 3.05) is 26.3 Å². The van der Waals surface area contributed by atoms with Crippen molar-refractivity contribution in [1.29, 1.82) is 0 Å². The fraction of sp³-hybridized carbons (Fsp3) is 0.929. The highest BCUT2D eigenvalue weighted by molar-refractivity contribution is 5.78. The predicted molar refractivity (Wildman–Crippen MR) is 71.7 cm³/mol. The molecule has 4 heteroatoms. The van der Waals surface area contributed by atoms with Gasteiger partial charge in [0.1, 0.15) is 5.54 Å². The van der Waals surface area contributed by atoms with Gasteiger partial charge in [0.25, 0.3) is 0 Å². The second-order valence-electron chi connectivity index (χ2n) is 5.82. The van der Waals surface area contributed by atoms with Crippen LogP contribution in [0.4, 0.5) is 0 Å². The summed E-state index contributed by atoms with van der Waals surface area (Å²) in [6.07, 6.45) is 3.91. The number of hydrogen-bond donors (Lipinski definition) is 1. The minimum absolute atomic E-state index is 0.635. The van der Waals surface area contributed by atoms with E-state index in [0.29, 0.717) is 12.5 Å². The average Bonchev–Trinajstić information content (AvgIpc) is 2.30. The smallest absolute Gasteiger partial charge is 0.323 e. The summed E-state index contributed by atoms with van der Waals surface area (Å²) in [7, 11) is 0.